The van der Waals surface area contributed by atoms with Crippen molar-refractivity contribution in [1.82, 2.24) is 19.9 Å². The van der Waals surface area contributed by atoms with E-state index in [-0.39, 0.29) is 29.6 Å². The van der Waals surface area contributed by atoms with E-state index in [1.165, 1.54) is 0 Å². The molecular formula is C30H34FN5O3. The molecule has 0 aliphatic heterocycles. The first-order valence-electron chi connectivity index (χ1n) is 13.4. The number of methoxy groups -OCH3 is 1. The van der Waals surface area contributed by atoms with E-state index in [1.54, 1.807) is 31.9 Å². The summed E-state index contributed by atoms with van der Waals surface area (Å²) in [5.74, 6) is 0.890. The van der Waals surface area contributed by atoms with Gasteiger partial charge in [0.05, 0.1) is 31.9 Å². The third-order valence-corrected chi connectivity index (χ3v) is 8.12. The number of ether oxygens (including phenoxy) is 2. The molecular weight excluding hydrogens is 497 g/mol. The zero-order chi connectivity index (χ0) is 27.5. The van der Waals surface area contributed by atoms with Gasteiger partial charge >= 0.3 is 6.01 Å². The average molecular weight is 532 g/mol. The molecule has 2 bridgehead atoms. The first-order valence-corrected chi connectivity index (χ1v) is 13.4. The van der Waals surface area contributed by atoms with Gasteiger partial charge in [0.1, 0.15) is 5.82 Å². The monoisotopic (exact) mass is 531 g/mol. The summed E-state index contributed by atoms with van der Waals surface area (Å²) in [6, 6.07) is 8.12. The standard InChI is InChI=1S/C30H34FN5O3/c1-4-39-28-34-15-23(16-35-28)22-6-5-7-24(14-22)36(26(37)9-8-21(2)31)20-29-10-12-30(19-29,13-11-29)27-32-17-25(38-3)18-33-27/h5-7,14-18H,2,4,8-13,19-20H2,1,3H3. The highest BCUT2D eigenvalue weighted by atomic mass is 19.1. The third-order valence-electron chi connectivity index (χ3n) is 8.12. The van der Waals surface area contributed by atoms with Crippen LogP contribution in [-0.4, -0.2) is 46.1 Å². The SMILES string of the molecule is C=C(F)CCC(=O)N(CC12CCC(c3ncc(OC)cn3)(CC1)C2)c1cccc(-c2cnc(OCC)nc2)c1. The van der Waals surface area contributed by atoms with Crippen molar-refractivity contribution in [2.24, 2.45) is 5.41 Å². The second-order valence-electron chi connectivity index (χ2n) is 10.6. The van der Waals surface area contributed by atoms with Gasteiger partial charge in [0.2, 0.25) is 5.91 Å². The molecule has 2 heterocycles. The Morgan fingerprint density at radius 1 is 1.03 bits per heavy atom. The van der Waals surface area contributed by atoms with Crippen LogP contribution in [0.1, 0.15) is 57.7 Å². The van der Waals surface area contributed by atoms with Gasteiger partial charge in [-0.1, -0.05) is 18.7 Å². The summed E-state index contributed by atoms with van der Waals surface area (Å²) in [6.07, 6.45) is 11.8. The third kappa shape index (κ3) is 5.62. The molecule has 2 fully saturated rings. The molecule has 2 saturated carbocycles. The van der Waals surface area contributed by atoms with E-state index in [1.807, 2.05) is 36.1 Å². The number of fused-ring (bicyclic) bond motifs is 2. The minimum Gasteiger partial charge on any atom is -0.494 e. The lowest BCUT2D eigenvalue weighted by Gasteiger charge is -2.34. The maximum atomic E-state index is 13.5. The molecule has 204 valence electrons. The number of hydrogen-bond donors (Lipinski definition) is 0. The van der Waals surface area contributed by atoms with Crippen LogP contribution in [-0.2, 0) is 10.2 Å². The number of aromatic nitrogens is 4. The summed E-state index contributed by atoms with van der Waals surface area (Å²) in [4.78, 5) is 33.2. The predicted octanol–water partition coefficient (Wildman–Crippen LogP) is 5.84. The van der Waals surface area contributed by atoms with Crippen molar-refractivity contribution in [3.63, 3.8) is 0 Å². The van der Waals surface area contributed by atoms with E-state index in [0.29, 0.717) is 24.9 Å². The van der Waals surface area contributed by atoms with Crippen LogP contribution < -0.4 is 14.4 Å². The molecule has 0 N–H and O–H groups in total. The Balaban J connectivity index is 1.41. The number of carbonyl (C=O) groups excluding carboxylic acids is 1. The molecule has 1 aromatic carbocycles. The summed E-state index contributed by atoms with van der Waals surface area (Å²) in [7, 11) is 1.61. The van der Waals surface area contributed by atoms with E-state index in [0.717, 1.165) is 54.7 Å². The van der Waals surface area contributed by atoms with E-state index in [2.05, 4.69) is 26.5 Å². The van der Waals surface area contributed by atoms with Crippen molar-refractivity contribution in [1.29, 1.82) is 0 Å². The van der Waals surface area contributed by atoms with Crippen LogP contribution in [0.15, 0.2) is 61.5 Å². The fourth-order valence-corrected chi connectivity index (χ4v) is 6.10. The maximum absolute atomic E-state index is 13.5. The van der Waals surface area contributed by atoms with Gasteiger partial charge in [0.15, 0.2) is 5.75 Å². The normalized spacial score (nSPS) is 21.5. The lowest BCUT2D eigenvalue weighted by atomic mass is 9.81. The summed E-state index contributed by atoms with van der Waals surface area (Å²) < 4.78 is 24.1. The van der Waals surface area contributed by atoms with Gasteiger partial charge in [-0.25, -0.2) is 24.3 Å². The number of anilines is 1. The highest BCUT2D eigenvalue weighted by Gasteiger charge is 2.57. The molecule has 2 aliphatic rings. The topological polar surface area (TPSA) is 90.3 Å². The van der Waals surface area contributed by atoms with Crippen molar-refractivity contribution in [2.75, 3.05) is 25.2 Å². The van der Waals surface area contributed by atoms with Crippen LogP contribution in [0.5, 0.6) is 11.8 Å². The Morgan fingerprint density at radius 2 is 1.74 bits per heavy atom. The Kier molecular flexibility index (Phi) is 7.59. The fraction of sp³-hybridized carbons (Fsp3) is 0.433. The van der Waals surface area contributed by atoms with Crippen LogP contribution in [0.2, 0.25) is 0 Å². The first-order chi connectivity index (χ1) is 18.9. The van der Waals surface area contributed by atoms with Gasteiger partial charge in [-0.2, -0.15) is 0 Å². The molecule has 8 nitrogen and oxygen atoms in total. The molecule has 0 unspecified atom stereocenters. The predicted molar refractivity (Wildman–Crippen MR) is 146 cm³/mol. The van der Waals surface area contributed by atoms with Gasteiger partial charge in [-0.05, 0) is 62.1 Å². The Hall–Kier alpha value is -3.88. The highest BCUT2D eigenvalue weighted by molar-refractivity contribution is 5.94. The molecule has 9 heteroatoms. The summed E-state index contributed by atoms with van der Waals surface area (Å²) >= 11 is 0. The first kappa shape index (κ1) is 26.7. The number of hydrogen-bond acceptors (Lipinski definition) is 7. The number of nitrogens with zero attached hydrogens (tertiary/aromatic N) is 5. The van der Waals surface area contributed by atoms with Crippen molar-refractivity contribution < 1.29 is 18.7 Å². The average Bonchev–Trinajstić information content (AvgIpc) is 3.53. The highest BCUT2D eigenvalue weighted by Crippen LogP contribution is 2.62. The van der Waals surface area contributed by atoms with E-state index >= 15 is 0 Å². The molecule has 1 amide bonds. The molecule has 0 saturated heterocycles. The lowest BCUT2D eigenvalue weighted by Crippen LogP contribution is -2.39. The van der Waals surface area contributed by atoms with Crippen LogP contribution in [0.4, 0.5) is 10.1 Å². The Morgan fingerprint density at radius 3 is 2.38 bits per heavy atom. The van der Waals surface area contributed by atoms with Crippen LogP contribution in [0, 0.1) is 5.41 Å². The van der Waals surface area contributed by atoms with Gasteiger partial charge in [0.25, 0.3) is 0 Å². The Bertz CT molecular complexity index is 1320. The van der Waals surface area contributed by atoms with Crippen LogP contribution >= 0.6 is 0 Å². The quantitative estimate of drug-likeness (QED) is 0.307. The number of halogens is 1. The smallest absolute Gasteiger partial charge is 0.316 e. The van der Waals surface area contributed by atoms with Gasteiger partial charge in [-0.3, -0.25) is 4.79 Å². The Labute approximate surface area is 228 Å². The second-order valence-corrected chi connectivity index (χ2v) is 10.6. The molecule has 0 spiro atoms. The molecule has 0 radical (unpaired) electrons. The van der Waals surface area contributed by atoms with Crippen molar-refractivity contribution in [3.05, 3.63) is 67.3 Å². The number of carbonyl (C=O) groups is 1. The number of amides is 1. The van der Waals surface area contributed by atoms with Gasteiger partial charge < -0.3 is 14.4 Å². The number of allylic oxidation sites excluding steroid dienone is 1. The minimum absolute atomic E-state index is 0.0123. The molecule has 39 heavy (non-hydrogen) atoms. The van der Waals surface area contributed by atoms with E-state index in [9.17, 15) is 9.18 Å². The van der Waals surface area contributed by atoms with E-state index in [4.69, 9.17) is 9.47 Å². The maximum Gasteiger partial charge on any atom is 0.316 e. The molecule has 5 rings (SSSR count). The fourth-order valence-electron chi connectivity index (χ4n) is 6.10. The zero-order valence-electron chi connectivity index (χ0n) is 22.5. The van der Waals surface area contributed by atoms with Gasteiger partial charge in [0, 0.05) is 48.4 Å². The number of benzene rings is 1. The second kappa shape index (κ2) is 11.1. The minimum atomic E-state index is -0.487. The largest absolute Gasteiger partial charge is 0.494 e. The van der Waals surface area contributed by atoms with Crippen molar-refractivity contribution in [2.45, 2.75) is 57.3 Å². The summed E-state index contributed by atoms with van der Waals surface area (Å²) in [5.41, 5.74) is 2.34. The molecule has 2 aromatic heterocycles. The van der Waals surface area contributed by atoms with Gasteiger partial charge in [-0.15, -0.1) is 0 Å². The van der Waals surface area contributed by atoms with Crippen molar-refractivity contribution in [3.8, 4) is 22.9 Å². The number of rotatable bonds is 11. The van der Waals surface area contributed by atoms with E-state index < -0.39 is 5.83 Å². The summed E-state index contributed by atoms with van der Waals surface area (Å²) in [6.45, 7) is 6.28. The molecule has 0 atom stereocenters. The van der Waals surface area contributed by atoms with Crippen LogP contribution in [0.3, 0.4) is 0 Å². The molecule has 2 aliphatic carbocycles. The lowest BCUT2D eigenvalue weighted by molar-refractivity contribution is -0.119. The summed E-state index contributed by atoms with van der Waals surface area (Å²) in [5, 5.41) is 0. The molecule has 3 aromatic rings. The van der Waals surface area contributed by atoms with Crippen molar-refractivity contribution >= 4 is 11.6 Å². The zero-order valence-corrected chi connectivity index (χ0v) is 22.5. The van der Waals surface area contributed by atoms with Crippen LogP contribution in [0.25, 0.3) is 11.1 Å².